The van der Waals surface area contributed by atoms with Crippen molar-refractivity contribution < 1.29 is 0 Å². The van der Waals surface area contributed by atoms with Crippen LogP contribution < -0.4 is 0 Å². The van der Waals surface area contributed by atoms with Gasteiger partial charge in [0.1, 0.15) is 0 Å². The molecule has 1 aromatic rings. The number of hydrogen-bond donors (Lipinski definition) is 0. The minimum atomic E-state index is -2.44. The van der Waals surface area contributed by atoms with Gasteiger partial charge in [0.15, 0.2) is 0 Å². The fourth-order valence-electron chi connectivity index (χ4n) is 1.33. The Morgan fingerprint density at radius 3 is 2.21 bits per heavy atom. The van der Waals surface area contributed by atoms with Gasteiger partial charge in [0.2, 0.25) is 0 Å². The quantitative estimate of drug-likeness (QED) is 0.541. The van der Waals surface area contributed by atoms with Crippen molar-refractivity contribution in [3.05, 3.63) is 35.9 Å². The predicted octanol–water partition coefficient (Wildman–Crippen LogP) is 4.84. The van der Waals surface area contributed by atoms with Crippen molar-refractivity contribution in [3.8, 4) is 0 Å². The first-order valence-electron chi connectivity index (χ1n) is 4.61. The molecule has 0 aliphatic carbocycles. The lowest BCUT2D eigenvalue weighted by Gasteiger charge is -2.13. The van der Waals surface area contributed by atoms with Gasteiger partial charge >= 0.3 is 6.00 Å². The predicted molar refractivity (Wildman–Crippen MR) is 67.6 cm³/mol. The number of rotatable bonds is 4. The fraction of sp³-hybridized carbons (Fsp3) is 0.400. The summed E-state index contributed by atoms with van der Waals surface area (Å²) in [5, 5.41) is 0. The van der Waals surface area contributed by atoms with Crippen molar-refractivity contribution in [3.63, 3.8) is 0 Å². The Hall–Kier alpha value is 0.307. The van der Waals surface area contributed by atoms with Crippen molar-refractivity contribution in [2.75, 3.05) is 0 Å². The van der Waals surface area contributed by atoms with Crippen LogP contribution >= 0.6 is 33.2 Å². The summed E-state index contributed by atoms with van der Waals surface area (Å²) in [6.45, 7) is 2.17. The molecule has 0 aliphatic rings. The average molecular weight is 268 g/mol. The summed E-state index contributed by atoms with van der Waals surface area (Å²) in [7, 11) is 0. The molecule has 1 atom stereocenters. The monoisotopic (exact) mass is 266 g/mol. The van der Waals surface area contributed by atoms with E-state index in [0.29, 0.717) is 5.92 Å². The van der Waals surface area contributed by atoms with Gasteiger partial charge in [0.05, 0.1) is 0 Å². The Labute approximate surface area is 100 Å². The number of benzene rings is 1. The normalized spacial score (nSPS) is 14.0. The highest BCUT2D eigenvalue weighted by atomic mass is 35.8. The van der Waals surface area contributed by atoms with Crippen LogP contribution in [0.15, 0.2) is 30.3 Å². The zero-order valence-electron chi connectivity index (χ0n) is 8.01. The molecule has 4 heteroatoms. The summed E-state index contributed by atoms with van der Waals surface area (Å²) in [6, 6.07) is 8.62. The van der Waals surface area contributed by atoms with E-state index in [2.05, 4.69) is 19.1 Å². The molecule has 0 nitrogen and oxygen atoms in total. The summed E-state index contributed by atoms with van der Waals surface area (Å²) < 4.78 is 0. The largest absolute Gasteiger partial charge is 0.341 e. The van der Waals surface area contributed by atoms with Gasteiger partial charge in [-0.05, 0) is 23.9 Å². The minimum absolute atomic E-state index is 0.472. The third kappa shape index (κ3) is 4.69. The third-order valence-corrected chi connectivity index (χ3v) is 4.79. The van der Waals surface area contributed by atoms with Crippen molar-refractivity contribution in [1.29, 1.82) is 0 Å². The van der Waals surface area contributed by atoms with Crippen LogP contribution in [-0.4, -0.2) is 6.00 Å². The van der Waals surface area contributed by atoms with E-state index in [1.54, 1.807) is 0 Å². The lowest BCUT2D eigenvalue weighted by molar-refractivity contribution is 0.730. The van der Waals surface area contributed by atoms with Crippen LogP contribution in [0.4, 0.5) is 0 Å². The van der Waals surface area contributed by atoms with Crippen molar-refractivity contribution >= 4 is 39.2 Å². The first kappa shape index (κ1) is 12.4. The standard InChI is InChI=1S/C10H13Cl3Si/c1-9(7-8-14(11,12)13)10-5-3-2-4-6-10/h2-6,9H,7-8H2,1H3. The van der Waals surface area contributed by atoms with Gasteiger partial charge in [-0.15, -0.1) is 33.2 Å². The highest BCUT2D eigenvalue weighted by Gasteiger charge is 2.25. The van der Waals surface area contributed by atoms with E-state index in [-0.39, 0.29) is 0 Å². The van der Waals surface area contributed by atoms with E-state index in [0.717, 1.165) is 12.5 Å². The van der Waals surface area contributed by atoms with E-state index < -0.39 is 6.00 Å². The van der Waals surface area contributed by atoms with Crippen LogP contribution in [0, 0.1) is 0 Å². The molecule has 0 fully saturated rings. The molecule has 1 unspecified atom stereocenters. The van der Waals surface area contributed by atoms with Crippen LogP contribution in [0.25, 0.3) is 0 Å². The molecule has 0 radical (unpaired) electrons. The SMILES string of the molecule is CC(CC[Si](Cl)(Cl)Cl)c1ccccc1. The molecule has 1 rings (SSSR count). The van der Waals surface area contributed by atoms with Crippen LogP contribution in [0.5, 0.6) is 0 Å². The van der Waals surface area contributed by atoms with Gasteiger partial charge in [-0.3, -0.25) is 0 Å². The molecule has 0 N–H and O–H groups in total. The second kappa shape index (κ2) is 5.41. The first-order chi connectivity index (χ1) is 6.49. The molecule has 0 amide bonds. The highest BCUT2D eigenvalue weighted by molar-refractivity contribution is 7.64. The molecule has 0 aromatic heterocycles. The molecule has 1 aromatic carbocycles. The number of hydrogen-bond acceptors (Lipinski definition) is 0. The molecular formula is C10H13Cl3Si. The molecule has 14 heavy (non-hydrogen) atoms. The smallest absolute Gasteiger partial charge is 0.126 e. The van der Waals surface area contributed by atoms with E-state index in [4.69, 9.17) is 33.2 Å². The van der Waals surface area contributed by atoms with E-state index >= 15 is 0 Å². The van der Waals surface area contributed by atoms with Crippen LogP contribution in [0.2, 0.25) is 6.04 Å². The van der Waals surface area contributed by atoms with Crippen molar-refractivity contribution in [2.45, 2.75) is 25.3 Å². The highest BCUT2D eigenvalue weighted by Crippen LogP contribution is 2.31. The fourth-order valence-corrected chi connectivity index (χ4v) is 3.07. The van der Waals surface area contributed by atoms with Crippen LogP contribution in [-0.2, 0) is 0 Å². The van der Waals surface area contributed by atoms with E-state index in [1.165, 1.54) is 5.56 Å². The van der Waals surface area contributed by atoms with Crippen molar-refractivity contribution in [1.82, 2.24) is 0 Å². The lowest BCUT2D eigenvalue weighted by Crippen LogP contribution is -2.10. The Bertz CT molecular complexity index is 268. The Morgan fingerprint density at radius 2 is 1.71 bits per heavy atom. The summed E-state index contributed by atoms with van der Waals surface area (Å²) in [5.41, 5.74) is 1.32. The molecule has 0 saturated heterocycles. The second-order valence-corrected chi connectivity index (χ2v) is 12.7. The Morgan fingerprint density at radius 1 is 1.14 bits per heavy atom. The molecule has 0 heterocycles. The Kier molecular flexibility index (Phi) is 4.78. The maximum absolute atomic E-state index is 5.83. The minimum Gasteiger partial charge on any atom is -0.126 e. The zero-order chi connectivity index (χ0) is 10.6. The van der Waals surface area contributed by atoms with Gasteiger partial charge in [-0.25, -0.2) is 0 Å². The van der Waals surface area contributed by atoms with Crippen molar-refractivity contribution in [2.24, 2.45) is 0 Å². The Balaban J connectivity index is 2.48. The topological polar surface area (TPSA) is 0 Å². The summed E-state index contributed by atoms with van der Waals surface area (Å²) in [5.74, 6) is 0.472. The second-order valence-electron chi connectivity index (χ2n) is 3.47. The lowest BCUT2D eigenvalue weighted by atomic mass is 9.99. The number of halogens is 3. The van der Waals surface area contributed by atoms with Gasteiger partial charge in [-0.2, -0.15) is 0 Å². The summed E-state index contributed by atoms with van der Waals surface area (Å²) in [6.07, 6.45) is 0.951. The van der Waals surface area contributed by atoms with Gasteiger partial charge in [-0.1, -0.05) is 37.3 Å². The molecule has 0 bridgehead atoms. The average Bonchev–Trinajstić information content (AvgIpc) is 2.14. The van der Waals surface area contributed by atoms with E-state index in [9.17, 15) is 0 Å². The van der Waals surface area contributed by atoms with Gasteiger partial charge < -0.3 is 0 Å². The van der Waals surface area contributed by atoms with Gasteiger partial charge in [0, 0.05) is 0 Å². The first-order valence-corrected chi connectivity index (χ1v) is 9.85. The van der Waals surface area contributed by atoms with Crippen LogP contribution in [0.3, 0.4) is 0 Å². The molecule has 0 saturated carbocycles. The molecule has 78 valence electrons. The maximum atomic E-state index is 5.83. The summed E-state index contributed by atoms with van der Waals surface area (Å²) in [4.78, 5) is 0. The molecular weight excluding hydrogens is 255 g/mol. The third-order valence-electron chi connectivity index (χ3n) is 2.23. The van der Waals surface area contributed by atoms with Crippen LogP contribution in [0.1, 0.15) is 24.8 Å². The maximum Gasteiger partial charge on any atom is 0.341 e. The summed E-state index contributed by atoms with van der Waals surface area (Å²) >= 11 is 17.5. The zero-order valence-corrected chi connectivity index (χ0v) is 11.3. The van der Waals surface area contributed by atoms with Gasteiger partial charge in [0.25, 0.3) is 0 Å². The van der Waals surface area contributed by atoms with E-state index in [1.807, 2.05) is 18.2 Å². The molecule has 0 aliphatic heterocycles. The molecule has 0 spiro atoms.